The van der Waals surface area contributed by atoms with Gasteiger partial charge in [-0.1, -0.05) is 69.2 Å². The third-order valence-corrected chi connectivity index (χ3v) is 5.47. The van der Waals surface area contributed by atoms with E-state index in [-0.39, 0.29) is 0 Å². The number of para-hydroxylation sites is 1. The van der Waals surface area contributed by atoms with Crippen molar-refractivity contribution in [3.63, 3.8) is 0 Å². The van der Waals surface area contributed by atoms with Crippen molar-refractivity contribution in [2.75, 3.05) is 0 Å². The van der Waals surface area contributed by atoms with Gasteiger partial charge in [0.1, 0.15) is 5.75 Å². The van der Waals surface area contributed by atoms with E-state index >= 15 is 0 Å². The molecule has 0 aliphatic heterocycles. The van der Waals surface area contributed by atoms with Crippen LogP contribution in [0.15, 0.2) is 47.5 Å². The molecule has 0 atom stereocenters. The average Bonchev–Trinajstić information content (AvgIpc) is 2.73. The van der Waals surface area contributed by atoms with Crippen LogP contribution in [0.3, 0.4) is 0 Å². The van der Waals surface area contributed by atoms with Crippen LogP contribution in [0.25, 0.3) is 0 Å². The molecular weight excluding hydrogens is 437 g/mol. The van der Waals surface area contributed by atoms with Crippen molar-refractivity contribution in [3.8, 4) is 5.75 Å². The van der Waals surface area contributed by atoms with Crippen molar-refractivity contribution in [1.82, 2.24) is 0 Å². The van der Waals surface area contributed by atoms with Crippen molar-refractivity contribution in [3.05, 3.63) is 59.2 Å². The van der Waals surface area contributed by atoms with Gasteiger partial charge in [-0.3, -0.25) is 4.99 Å². The number of aryl methyl sites for hydroxylation is 1. The molecule has 29 heavy (non-hydrogen) atoms. The van der Waals surface area contributed by atoms with Crippen LogP contribution in [0.5, 0.6) is 5.75 Å². The number of hydrogen-bond acceptors (Lipinski definition) is 2. The van der Waals surface area contributed by atoms with Gasteiger partial charge in [0, 0.05) is 11.8 Å². The normalized spacial score (nSPS) is 16.1. The predicted molar refractivity (Wildman–Crippen MR) is 123 cm³/mol. The molecule has 1 aliphatic rings. The molecule has 1 aliphatic carbocycles. The number of rotatable bonds is 3. The number of phenols is 1. The summed E-state index contributed by atoms with van der Waals surface area (Å²) in [6, 6.07) is 14.1. The molecule has 2 nitrogen and oxygen atoms in total. The fourth-order valence-electron chi connectivity index (χ4n) is 4.02. The van der Waals surface area contributed by atoms with Crippen LogP contribution in [0.1, 0.15) is 80.4 Å². The first-order valence-corrected chi connectivity index (χ1v) is 14.8. The van der Waals surface area contributed by atoms with Crippen molar-refractivity contribution >= 4 is 30.5 Å². The average molecular weight is 468 g/mol. The van der Waals surface area contributed by atoms with Gasteiger partial charge in [-0.15, -0.1) is 0 Å². The Bertz CT molecular complexity index is 742. The first-order chi connectivity index (χ1) is 14.2. The Morgan fingerprint density at radius 2 is 1.48 bits per heavy atom. The molecule has 0 bridgehead atoms. The molecule has 0 saturated heterocycles. The zero-order valence-corrected chi connectivity index (χ0v) is 20.3. The van der Waals surface area contributed by atoms with Gasteiger partial charge in [0.25, 0.3) is 0 Å². The van der Waals surface area contributed by atoms with E-state index in [4.69, 9.17) is 18.6 Å². The van der Waals surface area contributed by atoms with Crippen molar-refractivity contribution in [2.24, 2.45) is 4.99 Å². The van der Waals surface area contributed by atoms with E-state index < -0.39 is 17.0 Å². The molecule has 0 amide bonds. The second-order valence-corrected chi connectivity index (χ2v) is 10.3. The summed E-state index contributed by atoms with van der Waals surface area (Å²) in [5.74, 6) is 0.897. The van der Waals surface area contributed by atoms with Crippen LogP contribution in [0.4, 0.5) is 5.69 Å². The van der Waals surface area contributed by atoms with E-state index in [2.05, 4.69) is 18.0 Å². The van der Waals surface area contributed by atoms with Crippen molar-refractivity contribution in [2.45, 2.75) is 70.6 Å². The van der Waals surface area contributed by atoms with Crippen LogP contribution in [0, 0.1) is 6.92 Å². The summed E-state index contributed by atoms with van der Waals surface area (Å²) in [4.78, 5) is 4.54. The third-order valence-electron chi connectivity index (χ3n) is 5.47. The summed E-state index contributed by atoms with van der Waals surface area (Å²) in [5.41, 5.74) is 4.07. The Kier molecular flexibility index (Phi) is 12.0. The molecule has 1 N–H and O–H groups in total. The van der Waals surface area contributed by atoms with Gasteiger partial charge in [0.2, 0.25) is 0 Å². The maximum atomic E-state index is 10.9. The number of benzene rings is 2. The van der Waals surface area contributed by atoms with Gasteiger partial charge >= 0.3 is 35.6 Å². The Morgan fingerprint density at radius 3 is 2.07 bits per heavy atom. The number of hydrogen-bond donors (Lipinski definition) is 1. The Hall–Kier alpha value is -0.796. The van der Waals surface area contributed by atoms with Crippen LogP contribution in [0.2, 0.25) is 0 Å². The van der Waals surface area contributed by atoms with Gasteiger partial charge < -0.3 is 5.11 Å². The van der Waals surface area contributed by atoms with Crippen LogP contribution in [-0.2, 0) is 17.0 Å². The summed E-state index contributed by atoms with van der Waals surface area (Å²) in [5, 5.41) is 10.9. The van der Waals surface area contributed by atoms with Crippen LogP contribution >= 0.6 is 18.6 Å². The molecule has 1 saturated carbocycles. The summed E-state index contributed by atoms with van der Waals surface area (Å²) in [7, 11) is 9.78. The van der Waals surface area contributed by atoms with Gasteiger partial charge in [-0.2, -0.15) is 0 Å². The molecule has 0 heterocycles. The summed E-state index contributed by atoms with van der Waals surface area (Å²) >= 11 is -0.556. The fourth-order valence-corrected chi connectivity index (χ4v) is 4.02. The maximum absolute atomic E-state index is 10.9. The number of aromatic hydroxyl groups is 1. The second kappa shape index (κ2) is 14.3. The number of aliphatic imine (C=N–C) groups is 1. The molecule has 2 aromatic rings. The van der Waals surface area contributed by atoms with Gasteiger partial charge in [-0.05, 0) is 55.0 Å². The monoisotopic (exact) mass is 467 g/mol. The van der Waals surface area contributed by atoms with Gasteiger partial charge in [-0.25, -0.2) is 0 Å². The quantitative estimate of drug-likeness (QED) is 0.356. The second-order valence-electron chi connectivity index (χ2n) is 7.71. The van der Waals surface area contributed by atoms with Crippen molar-refractivity contribution in [1.29, 1.82) is 0 Å². The molecule has 156 valence electrons. The SMILES string of the molecule is Cc1cc(C=Nc2ccccc2)c(O)c(C2CCCCCCCCC2)c1.[Cl][Ti][Cl]. The molecule has 0 unspecified atom stereocenters. The first-order valence-electron chi connectivity index (χ1n) is 10.5. The van der Waals surface area contributed by atoms with Gasteiger partial charge in [0.15, 0.2) is 0 Å². The first kappa shape index (κ1) is 24.5. The molecule has 2 aromatic carbocycles. The molecule has 0 radical (unpaired) electrons. The zero-order chi connectivity index (χ0) is 20.9. The number of phenolic OH excluding ortho intramolecular Hbond substituents is 1. The summed E-state index contributed by atoms with van der Waals surface area (Å²) in [6.07, 6.45) is 13.5. The zero-order valence-electron chi connectivity index (χ0n) is 17.2. The van der Waals surface area contributed by atoms with E-state index in [1.54, 1.807) is 6.21 Å². The molecule has 5 heteroatoms. The van der Waals surface area contributed by atoms with E-state index in [0.717, 1.165) is 16.8 Å². The summed E-state index contributed by atoms with van der Waals surface area (Å²) in [6.45, 7) is 2.11. The Balaban J connectivity index is 0.000000941. The third kappa shape index (κ3) is 8.84. The Morgan fingerprint density at radius 1 is 0.931 bits per heavy atom. The molecular formula is C24H31Cl2NOTi. The van der Waals surface area contributed by atoms with Crippen LogP contribution < -0.4 is 0 Å². The molecule has 0 aromatic heterocycles. The molecule has 1 fully saturated rings. The predicted octanol–water partition coefficient (Wildman–Crippen LogP) is 8.44. The van der Waals surface area contributed by atoms with Crippen molar-refractivity contribution < 1.29 is 22.1 Å². The number of nitrogens with zero attached hydrogens (tertiary/aromatic N) is 1. The minimum absolute atomic E-state index is 0.428. The van der Waals surface area contributed by atoms with Gasteiger partial charge in [0.05, 0.1) is 5.69 Å². The van der Waals surface area contributed by atoms with Crippen LogP contribution in [-0.4, -0.2) is 11.3 Å². The summed E-state index contributed by atoms with van der Waals surface area (Å²) < 4.78 is 0. The van der Waals surface area contributed by atoms with E-state index in [1.807, 2.05) is 36.4 Å². The molecule has 3 rings (SSSR count). The fraction of sp³-hybridized carbons (Fsp3) is 0.458. The minimum atomic E-state index is -0.556. The topological polar surface area (TPSA) is 32.6 Å². The van der Waals surface area contributed by atoms with E-state index in [0.29, 0.717) is 11.7 Å². The Labute approximate surface area is 192 Å². The molecule has 0 spiro atoms. The standard InChI is InChI=1S/C24H31NO.2ClH.Ti/c1-19-16-21(18-25-22-14-10-7-11-15-22)24(26)23(17-19)20-12-8-5-3-2-4-6-9-13-20;;;/h7,10-11,14-18,20,26H,2-6,8-9,12-13H2,1H3;2*1H;/q;;;+2/p-2. The number of halogens is 2. The van der Waals surface area contributed by atoms with E-state index in [9.17, 15) is 5.11 Å². The van der Waals surface area contributed by atoms with E-state index in [1.165, 1.54) is 63.4 Å².